The van der Waals surface area contributed by atoms with Crippen LogP contribution in [0.2, 0.25) is 0 Å². The van der Waals surface area contributed by atoms with E-state index in [1.54, 1.807) is 0 Å². The third-order valence-electron chi connectivity index (χ3n) is 15.0. The molecule has 3 fully saturated rings. The van der Waals surface area contributed by atoms with Crippen LogP contribution in [-0.2, 0) is 9.47 Å². The van der Waals surface area contributed by atoms with Crippen LogP contribution in [0.25, 0.3) is 32.7 Å². The summed E-state index contributed by atoms with van der Waals surface area (Å²) < 4.78 is 11.8. The van der Waals surface area contributed by atoms with Gasteiger partial charge in [-0.2, -0.15) is 0 Å². The molecule has 0 heterocycles. The highest BCUT2D eigenvalue weighted by atomic mass is 16.5. The number of hydrogen-bond acceptors (Lipinski definition) is 4. The highest BCUT2D eigenvalue weighted by Gasteiger charge is 2.59. The Hall–Kier alpha value is -4.18. The van der Waals surface area contributed by atoms with Crippen LogP contribution in [0.3, 0.4) is 0 Å². The number of fused-ring (bicyclic) bond motifs is 7. The summed E-state index contributed by atoms with van der Waals surface area (Å²) in [6.07, 6.45) is 16.7. The van der Waals surface area contributed by atoms with Gasteiger partial charge in [0, 0.05) is 6.42 Å². The van der Waals surface area contributed by atoms with E-state index in [0.29, 0.717) is 33.6 Å². The zero-order valence-corrected chi connectivity index (χ0v) is 33.3. The van der Waals surface area contributed by atoms with Gasteiger partial charge in [0.2, 0.25) is 0 Å². The average Bonchev–Trinajstić information content (AvgIpc) is 3.53. The molecule has 3 saturated carbocycles. The van der Waals surface area contributed by atoms with Gasteiger partial charge < -0.3 is 9.47 Å². The molecule has 282 valence electrons. The summed E-state index contributed by atoms with van der Waals surface area (Å²) in [5.41, 5.74) is 5.87. The fraction of sp³-hybridized carbons (Fsp3) is 0.480. The number of carbonyl (C=O) groups is 2. The summed E-state index contributed by atoms with van der Waals surface area (Å²) in [4.78, 5) is 27.6. The van der Waals surface area contributed by atoms with E-state index >= 15 is 0 Å². The fourth-order valence-electron chi connectivity index (χ4n) is 12.1. The summed E-state index contributed by atoms with van der Waals surface area (Å²) in [7, 11) is 1.40. The van der Waals surface area contributed by atoms with Crippen LogP contribution in [0.4, 0.5) is 0 Å². The molecule has 0 N–H and O–H groups in total. The average molecular weight is 723 g/mol. The smallest absolute Gasteiger partial charge is 0.339 e. The number of hydrogen-bond donors (Lipinski definition) is 0. The number of methoxy groups -OCH3 is 1. The molecule has 0 spiro atoms. The molecule has 0 radical (unpaired) electrons. The highest BCUT2D eigenvalue weighted by molar-refractivity contribution is 6.09. The Bertz CT molecular complexity index is 2150. The first-order valence-electron chi connectivity index (χ1n) is 20.7. The molecule has 0 aromatic heterocycles. The van der Waals surface area contributed by atoms with Crippen molar-refractivity contribution in [2.45, 2.75) is 105 Å². The van der Waals surface area contributed by atoms with Gasteiger partial charge >= 0.3 is 11.9 Å². The van der Waals surface area contributed by atoms with E-state index in [2.05, 4.69) is 46.8 Å². The van der Waals surface area contributed by atoms with Crippen LogP contribution in [-0.4, -0.2) is 25.2 Å². The fourth-order valence-corrected chi connectivity index (χ4v) is 12.1. The third-order valence-corrected chi connectivity index (χ3v) is 15.0. The molecule has 8 rings (SSSR count). The molecule has 0 amide bonds. The highest BCUT2D eigenvalue weighted by Crippen LogP contribution is 2.67. The maximum Gasteiger partial charge on any atom is 0.339 e. The Labute approximate surface area is 322 Å². The first-order chi connectivity index (χ1) is 26.0. The number of rotatable bonds is 8. The van der Waals surface area contributed by atoms with Crippen molar-refractivity contribution in [3.8, 4) is 11.1 Å². The topological polar surface area (TPSA) is 52.6 Å². The molecular weight excluding hydrogens is 665 g/mol. The van der Waals surface area contributed by atoms with Gasteiger partial charge in [0.1, 0.15) is 6.10 Å². The van der Waals surface area contributed by atoms with Gasteiger partial charge in [0.15, 0.2) is 0 Å². The van der Waals surface area contributed by atoms with E-state index < -0.39 is 5.97 Å². The largest absolute Gasteiger partial charge is 0.465 e. The van der Waals surface area contributed by atoms with Crippen molar-refractivity contribution in [2.24, 2.45) is 40.4 Å². The second kappa shape index (κ2) is 14.5. The van der Waals surface area contributed by atoms with Crippen molar-refractivity contribution in [3.63, 3.8) is 0 Å². The minimum atomic E-state index is -0.428. The first-order valence-corrected chi connectivity index (χ1v) is 20.7. The summed E-state index contributed by atoms with van der Waals surface area (Å²) >= 11 is 0. The quantitative estimate of drug-likeness (QED) is 0.134. The Kier molecular flexibility index (Phi) is 9.86. The van der Waals surface area contributed by atoms with E-state index in [-0.39, 0.29) is 17.5 Å². The molecule has 4 aliphatic rings. The van der Waals surface area contributed by atoms with Crippen molar-refractivity contribution in [2.75, 3.05) is 7.11 Å². The van der Waals surface area contributed by atoms with Gasteiger partial charge in [-0.15, -0.1) is 0 Å². The second-order valence-corrected chi connectivity index (χ2v) is 18.1. The van der Waals surface area contributed by atoms with Crippen LogP contribution in [0.15, 0.2) is 96.1 Å². The number of ether oxygens (including phenoxy) is 2. The molecule has 4 heteroatoms. The number of carbonyl (C=O) groups excluding carboxylic acids is 2. The summed E-state index contributed by atoms with van der Waals surface area (Å²) in [6, 6.07) is 23.9. The van der Waals surface area contributed by atoms with Crippen molar-refractivity contribution in [1.29, 1.82) is 0 Å². The zero-order chi connectivity index (χ0) is 37.8. The lowest BCUT2D eigenvalue weighted by atomic mass is 9.47. The Morgan fingerprint density at radius 3 is 2.02 bits per heavy atom. The molecule has 8 atom stereocenters. The lowest BCUT2D eigenvalue weighted by molar-refractivity contribution is -0.0592. The van der Waals surface area contributed by atoms with E-state index in [0.717, 1.165) is 64.5 Å². The van der Waals surface area contributed by atoms with E-state index in [9.17, 15) is 9.59 Å². The molecule has 0 unspecified atom stereocenters. The van der Waals surface area contributed by atoms with Gasteiger partial charge in [-0.1, -0.05) is 92.6 Å². The Morgan fingerprint density at radius 1 is 0.796 bits per heavy atom. The third kappa shape index (κ3) is 6.42. The predicted octanol–water partition coefficient (Wildman–Crippen LogP) is 12.9. The molecule has 4 nitrogen and oxygen atoms in total. The van der Waals surface area contributed by atoms with E-state index in [1.165, 1.54) is 63.2 Å². The van der Waals surface area contributed by atoms with Gasteiger partial charge in [0.05, 0.1) is 18.2 Å². The standard InChI is InChI=1S/C50H58O4/c1-31(2)12-11-13-32(3)44-20-21-45-39-19-18-37-30-38(22-24-49(37,4)46(39)23-25-50(44,45)5)54-48(52)43-29-36-17-10-8-15-34(36)27-41(43)40-26-33-14-7-9-16-35(33)28-42(40)47(51)53-6/h7-10,12,14-18,26-29,32,38-39,44-46H,11,13,19-25,30H2,1-6H3/t32-,38+,39+,44-,45+,46+,49+,50-/m1/s1. The zero-order valence-electron chi connectivity index (χ0n) is 33.3. The minimum Gasteiger partial charge on any atom is -0.465 e. The Balaban J connectivity index is 1.04. The summed E-state index contributed by atoms with van der Waals surface area (Å²) in [6.45, 7) is 12.2. The normalized spacial score (nSPS) is 29.4. The first kappa shape index (κ1) is 36.8. The summed E-state index contributed by atoms with van der Waals surface area (Å²) in [5, 5.41) is 3.90. The summed E-state index contributed by atoms with van der Waals surface area (Å²) in [5.74, 6) is 3.14. The van der Waals surface area contributed by atoms with Crippen molar-refractivity contribution < 1.29 is 19.1 Å². The van der Waals surface area contributed by atoms with Crippen LogP contribution in [0, 0.1) is 40.4 Å². The molecule has 54 heavy (non-hydrogen) atoms. The van der Waals surface area contributed by atoms with Crippen molar-refractivity contribution in [3.05, 3.63) is 107 Å². The van der Waals surface area contributed by atoms with E-state index in [1.807, 2.05) is 72.8 Å². The van der Waals surface area contributed by atoms with Crippen molar-refractivity contribution >= 4 is 33.5 Å². The monoisotopic (exact) mass is 722 g/mol. The predicted molar refractivity (Wildman–Crippen MR) is 220 cm³/mol. The van der Waals surface area contributed by atoms with Gasteiger partial charge in [0.25, 0.3) is 0 Å². The van der Waals surface area contributed by atoms with Crippen LogP contribution in [0.5, 0.6) is 0 Å². The number of esters is 2. The van der Waals surface area contributed by atoms with Gasteiger partial charge in [-0.25, -0.2) is 9.59 Å². The van der Waals surface area contributed by atoms with Crippen LogP contribution >= 0.6 is 0 Å². The number of benzene rings is 4. The molecule has 0 bridgehead atoms. The minimum absolute atomic E-state index is 0.171. The SMILES string of the molecule is COC(=O)c1cc2ccccc2cc1-c1cc2ccccc2cc1C(=O)O[C@H]1CC[C@@]2(C)C(=CC[C@H]3[C@@H]4CC[C@H]([C@H](C)CCC=C(C)C)[C@@]4(C)CC[C@@H]32)C1. The second-order valence-electron chi connectivity index (χ2n) is 18.1. The molecular formula is C50H58O4. The lowest BCUT2D eigenvalue weighted by Crippen LogP contribution is -2.51. The van der Waals surface area contributed by atoms with Gasteiger partial charge in [-0.3, -0.25) is 0 Å². The lowest BCUT2D eigenvalue weighted by Gasteiger charge is -2.58. The van der Waals surface area contributed by atoms with Crippen LogP contribution < -0.4 is 0 Å². The molecule has 4 aliphatic carbocycles. The number of allylic oxidation sites excluding steroid dienone is 3. The molecule has 4 aromatic carbocycles. The Morgan fingerprint density at radius 2 is 1.41 bits per heavy atom. The van der Waals surface area contributed by atoms with Crippen LogP contribution in [0.1, 0.15) is 120 Å². The van der Waals surface area contributed by atoms with E-state index in [4.69, 9.17) is 9.47 Å². The molecule has 4 aromatic rings. The van der Waals surface area contributed by atoms with Crippen molar-refractivity contribution in [1.82, 2.24) is 0 Å². The maximum absolute atomic E-state index is 14.4. The molecule has 0 aliphatic heterocycles. The maximum atomic E-state index is 14.4. The van der Waals surface area contributed by atoms with Gasteiger partial charge in [-0.05, 0) is 169 Å². The molecule has 0 saturated heterocycles.